The third-order valence-corrected chi connectivity index (χ3v) is 5.02. The molecule has 0 aliphatic heterocycles. The second-order valence-corrected chi connectivity index (χ2v) is 7.46. The predicted octanol–water partition coefficient (Wildman–Crippen LogP) is 4.97. The molecule has 1 aromatic carbocycles. The zero-order valence-electron chi connectivity index (χ0n) is 15.9. The summed E-state index contributed by atoms with van der Waals surface area (Å²) < 4.78 is 5.71. The zero-order chi connectivity index (χ0) is 18.6. The smallest absolute Gasteiger partial charge is 0.257 e. The Morgan fingerprint density at radius 2 is 1.77 bits per heavy atom. The molecule has 0 unspecified atom stereocenters. The lowest BCUT2D eigenvalue weighted by molar-refractivity contribution is 0.0976. The summed E-state index contributed by atoms with van der Waals surface area (Å²) in [6.45, 7) is 2.92. The fourth-order valence-corrected chi connectivity index (χ4v) is 3.50. The minimum absolute atomic E-state index is 0.175. The van der Waals surface area contributed by atoms with Crippen LogP contribution in [-0.2, 0) is 0 Å². The number of carbonyl (C=O) groups is 1. The van der Waals surface area contributed by atoms with Crippen LogP contribution in [0.3, 0.4) is 0 Å². The van der Waals surface area contributed by atoms with E-state index in [4.69, 9.17) is 17.0 Å². The first-order valence-corrected chi connectivity index (χ1v) is 10.4. The van der Waals surface area contributed by atoms with Crippen molar-refractivity contribution >= 4 is 23.2 Å². The van der Waals surface area contributed by atoms with Gasteiger partial charge in [-0.1, -0.05) is 51.9 Å². The van der Waals surface area contributed by atoms with Gasteiger partial charge in [-0.3, -0.25) is 10.1 Å². The number of carbonyl (C=O) groups excluding carboxylic acids is 1. The lowest BCUT2D eigenvalue weighted by atomic mass is 10.1. The molecule has 1 saturated carbocycles. The van der Waals surface area contributed by atoms with Gasteiger partial charge in [0, 0.05) is 11.6 Å². The van der Waals surface area contributed by atoms with Crippen molar-refractivity contribution in [2.45, 2.75) is 77.2 Å². The Bertz CT molecular complexity index is 552. The predicted molar refractivity (Wildman–Crippen MR) is 111 cm³/mol. The van der Waals surface area contributed by atoms with Gasteiger partial charge in [-0.05, 0) is 55.7 Å². The molecule has 5 heteroatoms. The summed E-state index contributed by atoms with van der Waals surface area (Å²) in [5.74, 6) is 0.628. The molecule has 0 bridgehead atoms. The van der Waals surface area contributed by atoms with Crippen molar-refractivity contribution < 1.29 is 9.53 Å². The molecule has 0 atom stereocenters. The molecule has 0 heterocycles. The number of nitrogens with one attached hydrogen (secondary N) is 2. The molecule has 4 nitrogen and oxygen atoms in total. The summed E-state index contributed by atoms with van der Waals surface area (Å²) >= 11 is 5.31. The monoisotopic (exact) mass is 376 g/mol. The summed E-state index contributed by atoms with van der Waals surface area (Å²) in [6, 6.07) is 7.64. The van der Waals surface area contributed by atoms with Crippen molar-refractivity contribution in [2.75, 3.05) is 6.61 Å². The van der Waals surface area contributed by atoms with Gasteiger partial charge >= 0.3 is 0 Å². The Hall–Kier alpha value is -1.62. The summed E-state index contributed by atoms with van der Waals surface area (Å²) in [7, 11) is 0. The van der Waals surface area contributed by atoms with Crippen molar-refractivity contribution in [1.29, 1.82) is 0 Å². The van der Waals surface area contributed by atoms with Crippen LogP contribution >= 0.6 is 12.2 Å². The largest absolute Gasteiger partial charge is 0.494 e. The molecule has 26 heavy (non-hydrogen) atoms. The number of rotatable bonds is 8. The SMILES string of the molecule is CCCCCCOc1ccc(C(=O)NC(=S)NC2CCCCCC2)cc1. The van der Waals surface area contributed by atoms with Crippen LogP contribution in [0.25, 0.3) is 0 Å². The minimum atomic E-state index is -0.175. The molecule has 0 spiro atoms. The summed E-state index contributed by atoms with van der Waals surface area (Å²) in [4.78, 5) is 12.3. The quantitative estimate of drug-likeness (QED) is 0.382. The van der Waals surface area contributed by atoms with Crippen LogP contribution in [0.4, 0.5) is 0 Å². The minimum Gasteiger partial charge on any atom is -0.494 e. The normalized spacial score (nSPS) is 15.1. The number of unbranched alkanes of at least 4 members (excludes halogenated alkanes) is 3. The van der Waals surface area contributed by atoms with Gasteiger partial charge < -0.3 is 10.1 Å². The number of amides is 1. The zero-order valence-corrected chi connectivity index (χ0v) is 16.7. The Morgan fingerprint density at radius 1 is 1.08 bits per heavy atom. The Labute approximate surface area is 163 Å². The van der Waals surface area contributed by atoms with Gasteiger partial charge in [0.25, 0.3) is 5.91 Å². The molecule has 2 N–H and O–H groups in total. The molecule has 1 amide bonds. The highest BCUT2D eigenvalue weighted by molar-refractivity contribution is 7.80. The maximum atomic E-state index is 12.3. The van der Waals surface area contributed by atoms with E-state index in [2.05, 4.69) is 17.6 Å². The number of hydrogen-bond acceptors (Lipinski definition) is 3. The maximum Gasteiger partial charge on any atom is 0.257 e. The van der Waals surface area contributed by atoms with Gasteiger partial charge in [-0.2, -0.15) is 0 Å². The van der Waals surface area contributed by atoms with E-state index >= 15 is 0 Å². The third kappa shape index (κ3) is 7.73. The first-order valence-electron chi connectivity index (χ1n) is 10.0. The lowest BCUT2D eigenvalue weighted by Crippen LogP contribution is -2.44. The Morgan fingerprint density at radius 3 is 2.42 bits per heavy atom. The fourth-order valence-electron chi connectivity index (χ4n) is 3.24. The summed E-state index contributed by atoms with van der Waals surface area (Å²) in [5, 5.41) is 6.51. The molecule has 1 aliphatic rings. The molecule has 0 aromatic heterocycles. The van der Waals surface area contributed by atoms with Crippen molar-refractivity contribution in [3.05, 3.63) is 29.8 Å². The van der Waals surface area contributed by atoms with E-state index in [-0.39, 0.29) is 5.91 Å². The lowest BCUT2D eigenvalue weighted by Gasteiger charge is -2.18. The highest BCUT2D eigenvalue weighted by Crippen LogP contribution is 2.17. The number of benzene rings is 1. The number of thiocarbonyl (C=S) groups is 1. The summed E-state index contributed by atoms with van der Waals surface area (Å²) in [6.07, 6.45) is 12.0. The summed E-state index contributed by atoms with van der Waals surface area (Å²) in [5.41, 5.74) is 0.591. The van der Waals surface area contributed by atoms with E-state index < -0.39 is 0 Å². The van der Waals surface area contributed by atoms with Crippen molar-refractivity contribution in [3.8, 4) is 5.75 Å². The van der Waals surface area contributed by atoms with Crippen LogP contribution in [0, 0.1) is 0 Å². The van der Waals surface area contributed by atoms with Crippen LogP contribution in [-0.4, -0.2) is 23.7 Å². The first kappa shape index (κ1) is 20.7. The van der Waals surface area contributed by atoms with Gasteiger partial charge in [0.1, 0.15) is 5.75 Å². The van der Waals surface area contributed by atoms with Gasteiger partial charge in [0.05, 0.1) is 6.61 Å². The van der Waals surface area contributed by atoms with Gasteiger partial charge in [0.15, 0.2) is 5.11 Å². The molecule has 0 radical (unpaired) electrons. The van der Waals surface area contributed by atoms with Crippen molar-refractivity contribution in [3.63, 3.8) is 0 Å². The Kier molecular flexibility index (Phi) is 9.46. The van der Waals surface area contributed by atoms with Crippen molar-refractivity contribution in [2.24, 2.45) is 0 Å². The van der Waals surface area contributed by atoms with E-state index in [1.165, 1.54) is 44.9 Å². The molecule has 1 aromatic rings. The van der Waals surface area contributed by atoms with E-state index in [0.29, 0.717) is 16.7 Å². The number of ether oxygens (including phenoxy) is 1. The van der Waals surface area contributed by atoms with E-state index in [1.807, 2.05) is 12.1 Å². The average molecular weight is 377 g/mol. The van der Waals surface area contributed by atoms with Crippen LogP contribution in [0.1, 0.15) is 81.5 Å². The second kappa shape index (κ2) is 11.9. The standard InChI is InChI=1S/C21H32N2O2S/c1-2-3-4-9-16-25-19-14-12-17(13-15-19)20(24)23-21(26)22-18-10-7-5-6-8-11-18/h12-15,18H,2-11,16H2,1H3,(H2,22,23,24,26). The fraction of sp³-hybridized carbons (Fsp3) is 0.619. The molecule has 1 aliphatic carbocycles. The Balaban J connectivity index is 1.73. The molecule has 2 rings (SSSR count). The van der Waals surface area contributed by atoms with Crippen LogP contribution in [0.5, 0.6) is 5.75 Å². The topological polar surface area (TPSA) is 50.4 Å². The molecule has 1 fully saturated rings. The van der Waals surface area contributed by atoms with E-state index in [0.717, 1.165) is 31.6 Å². The van der Waals surface area contributed by atoms with Crippen molar-refractivity contribution in [1.82, 2.24) is 10.6 Å². The van der Waals surface area contributed by atoms with E-state index in [1.54, 1.807) is 12.1 Å². The highest BCUT2D eigenvalue weighted by Gasteiger charge is 2.14. The molecule has 144 valence electrons. The number of hydrogen-bond donors (Lipinski definition) is 2. The second-order valence-electron chi connectivity index (χ2n) is 7.05. The van der Waals surface area contributed by atoms with Gasteiger partial charge in [-0.25, -0.2) is 0 Å². The van der Waals surface area contributed by atoms with Crippen LogP contribution in [0.2, 0.25) is 0 Å². The van der Waals surface area contributed by atoms with Gasteiger partial charge in [-0.15, -0.1) is 0 Å². The average Bonchev–Trinajstić information content (AvgIpc) is 2.90. The third-order valence-electron chi connectivity index (χ3n) is 4.80. The first-order chi connectivity index (χ1) is 12.7. The van der Waals surface area contributed by atoms with Gasteiger partial charge in [0.2, 0.25) is 0 Å². The van der Waals surface area contributed by atoms with Crippen LogP contribution in [0.15, 0.2) is 24.3 Å². The highest BCUT2D eigenvalue weighted by atomic mass is 32.1. The molecule has 0 saturated heterocycles. The molecular weight excluding hydrogens is 344 g/mol. The maximum absolute atomic E-state index is 12.3. The van der Waals surface area contributed by atoms with E-state index in [9.17, 15) is 4.79 Å². The molecular formula is C21H32N2O2S. The van der Waals surface area contributed by atoms with Crippen LogP contribution < -0.4 is 15.4 Å².